The highest BCUT2D eigenvalue weighted by atomic mass is 15.1. The Hall–Kier alpha value is -0.860. The monoisotopic (exact) mass is 246 g/mol. The molecule has 2 nitrogen and oxygen atoms in total. The summed E-state index contributed by atoms with van der Waals surface area (Å²) in [7, 11) is 4.27. The van der Waals surface area contributed by atoms with Gasteiger partial charge in [0.1, 0.15) is 0 Å². The van der Waals surface area contributed by atoms with Crippen LogP contribution in [-0.2, 0) is 13.1 Å². The summed E-state index contributed by atoms with van der Waals surface area (Å²) in [5.74, 6) is 0.937. The van der Waals surface area contributed by atoms with E-state index in [1.807, 2.05) is 7.05 Å². The molecule has 18 heavy (non-hydrogen) atoms. The Morgan fingerprint density at radius 1 is 1.17 bits per heavy atom. The van der Waals surface area contributed by atoms with Gasteiger partial charge >= 0.3 is 0 Å². The first-order valence-corrected chi connectivity index (χ1v) is 7.19. The average Bonchev–Trinajstić information content (AvgIpc) is 2.84. The van der Waals surface area contributed by atoms with Crippen LogP contribution in [-0.4, -0.2) is 25.5 Å². The van der Waals surface area contributed by atoms with Gasteiger partial charge in [-0.2, -0.15) is 0 Å². The fourth-order valence-electron chi connectivity index (χ4n) is 3.06. The lowest BCUT2D eigenvalue weighted by Gasteiger charge is -2.22. The van der Waals surface area contributed by atoms with E-state index in [-0.39, 0.29) is 0 Å². The van der Waals surface area contributed by atoms with Gasteiger partial charge in [-0.05, 0) is 44.0 Å². The first-order chi connectivity index (χ1) is 8.79. The minimum Gasteiger partial charge on any atom is -0.316 e. The molecule has 0 unspecified atom stereocenters. The lowest BCUT2D eigenvalue weighted by molar-refractivity contribution is 0.270. The van der Waals surface area contributed by atoms with Crippen LogP contribution in [0.2, 0.25) is 0 Å². The molecule has 1 fully saturated rings. The van der Waals surface area contributed by atoms with Crippen molar-refractivity contribution in [2.24, 2.45) is 5.92 Å². The summed E-state index contributed by atoms with van der Waals surface area (Å²) in [6.45, 7) is 3.30. The molecule has 1 N–H and O–H groups in total. The van der Waals surface area contributed by atoms with E-state index in [0.29, 0.717) is 0 Å². The predicted molar refractivity (Wildman–Crippen MR) is 77.5 cm³/mol. The van der Waals surface area contributed by atoms with Crippen molar-refractivity contribution in [3.05, 3.63) is 35.4 Å². The Morgan fingerprint density at radius 2 is 1.83 bits per heavy atom. The van der Waals surface area contributed by atoms with Crippen molar-refractivity contribution >= 4 is 0 Å². The van der Waals surface area contributed by atoms with Gasteiger partial charge in [0.15, 0.2) is 0 Å². The molecular weight excluding hydrogens is 220 g/mol. The third-order valence-corrected chi connectivity index (χ3v) is 3.97. The van der Waals surface area contributed by atoms with Gasteiger partial charge in [-0.15, -0.1) is 0 Å². The zero-order chi connectivity index (χ0) is 12.8. The molecule has 0 atom stereocenters. The molecule has 0 spiro atoms. The zero-order valence-electron chi connectivity index (χ0n) is 11.8. The summed E-state index contributed by atoms with van der Waals surface area (Å²) in [5, 5.41) is 3.25. The topological polar surface area (TPSA) is 15.3 Å². The second-order valence-corrected chi connectivity index (χ2v) is 5.65. The minimum absolute atomic E-state index is 0.937. The van der Waals surface area contributed by atoms with Gasteiger partial charge in [-0.1, -0.05) is 37.1 Å². The van der Waals surface area contributed by atoms with Crippen molar-refractivity contribution in [3.8, 4) is 0 Å². The van der Waals surface area contributed by atoms with Gasteiger partial charge in [0.25, 0.3) is 0 Å². The van der Waals surface area contributed by atoms with E-state index < -0.39 is 0 Å². The van der Waals surface area contributed by atoms with Gasteiger partial charge in [0, 0.05) is 19.6 Å². The number of hydrogen-bond acceptors (Lipinski definition) is 2. The van der Waals surface area contributed by atoms with Gasteiger partial charge in [-0.25, -0.2) is 0 Å². The van der Waals surface area contributed by atoms with Crippen molar-refractivity contribution in [1.29, 1.82) is 0 Å². The van der Waals surface area contributed by atoms with Crippen molar-refractivity contribution in [1.82, 2.24) is 10.2 Å². The Labute approximate surface area is 111 Å². The third kappa shape index (κ3) is 3.82. The molecule has 1 aliphatic carbocycles. The Kier molecular flexibility index (Phi) is 5.21. The van der Waals surface area contributed by atoms with Crippen molar-refractivity contribution in [2.45, 2.75) is 38.8 Å². The molecule has 100 valence electrons. The smallest absolute Gasteiger partial charge is 0.0234 e. The number of rotatable bonds is 6. The van der Waals surface area contributed by atoms with E-state index in [1.54, 1.807) is 0 Å². The Bertz CT molecular complexity index is 356. The maximum Gasteiger partial charge on any atom is 0.0234 e. The molecule has 2 rings (SSSR count). The highest BCUT2D eigenvalue weighted by Gasteiger charge is 2.17. The molecular formula is C16H26N2. The van der Waals surface area contributed by atoms with E-state index in [1.165, 1.54) is 43.4 Å². The molecule has 0 bridgehead atoms. The van der Waals surface area contributed by atoms with Crippen molar-refractivity contribution in [2.75, 3.05) is 20.6 Å². The van der Waals surface area contributed by atoms with Gasteiger partial charge in [-0.3, -0.25) is 0 Å². The van der Waals surface area contributed by atoms with Crippen LogP contribution in [0.25, 0.3) is 0 Å². The van der Waals surface area contributed by atoms with Crippen LogP contribution in [0.5, 0.6) is 0 Å². The Balaban J connectivity index is 1.90. The summed E-state index contributed by atoms with van der Waals surface area (Å²) >= 11 is 0. The molecule has 0 aliphatic heterocycles. The van der Waals surface area contributed by atoms with E-state index >= 15 is 0 Å². The fourth-order valence-corrected chi connectivity index (χ4v) is 3.06. The van der Waals surface area contributed by atoms with Crippen LogP contribution in [0.4, 0.5) is 0 Å². The molecule has 0 saturated heterocycles. The molecule has 0 heterocycles. The SMILES string of the molecule is CNCc1ccccc1CN(C)CC1CCCC1. The first kappa shape index (κ1) is 13.6. The van der Waals surface area contributed by atoms with Crippen LogP contribution in [0, 0.1) is 5.92 Å². The lowest BCUT2D eigenvalue weighted by atomic mass is 10.1. The molecule has 1 saturated carbocycles. The van der Waals surface area contributed by atoms with Crippen molar-refractivity contribution < 1.29 is 0 Å². The zero-order valence-corrected chi connectivity index (χ0v) is 11.8. The van der Waals surface area contributed by atoms with Crippen LogP contribution in [0.1, 0.15) is 36.8 Å². The maximum atomic E-state index is 3.25. The van der Waals surface area contributed by atoms with Gasteiger partial charge in [0.05, 0.1) is 0 Å². The normalized spacial score (nSPS) is 16.6. The van der Waals surface area contributed by atoms with Crippen LogP contribution in [0.15, 0.2) is 24.3 Å². The highest BCUT2D eigenvalue weighted by Crippen LogP contribution is 2.25. The molecule has 1 aliphatic rings. The van der Waals surface area contributed by atoms with E-state index in [9.17, 15) is 0 Å². The number of hydrogen-bond donors (Lipinski definition) is 1. The third-order valence-electron chi connectivity index (χ3n) is 3.97. The summed E-state index contributed by atoms with van der Waals surface area (Å²) in [6.07, 6.45) is 5.74. The number of benzene rings is 1. The van der Waals surface area contributed by atoms with E-state index in [0.717, 1.165) is 19.0 Å². The largest absolute Gasteiger partial charge is 0.316 e. The van der Waals surface area contributed by atoms with Gasteiger partial charge in [0.2, 0.25) is 0 Å². The summed E-state index contributed by atoms with van der Waals surface area (Å²) < 4.78 is 0. The molecule has 0 radical (unpaired) electrons. The molecule has 0 amide bonds. The van der Waals surface area contributed by atoms with Gasteiger partial charge < -0.3 is 10.2 Å². The summed E-state index contributed by atoms with van der Waals surface area (Å²) in [5.41, 5.74) is 2.89. The lowest BCUT2D eigenvalue weighted by Crippen LogP contribution is -2.25. The quantitative estimate of drug-likeness (QED) is 0.830. The standard InChI is InChI=1S/C16H26N2/c1-17-11-15-9-5-6-10-16(15)13-18(2)12-14-7-3-4-8-14/h5-6,9-10,14,17H,3-4,7-8,11-13H2,1-2H3. The van der Waals surface area contributed by atoms with E-state index in [2.05, 4.69) is 41.5 Å². The highest BCUT2D eigenvalue weighted by molar-refractivity contribution is 5.26. The average molecular weight is 246 g/mol. The Morgan fingerprint density at radius 3 is 2.50 bits per heavy atom. The molecule has 2 heteroatoms. The van der Waals surface area contributed by atoms with E-state index in [4.69, 9.17) is 0 Å². The predicted octanol–water partition coefficient (Wildman–Crippen LogP) is 3.03. The summed E-state index contributed by atoms with van der Waals surface area (Å²) in [4.78, 5) is 2.49. The second-order valence-electron chi connectivity index (χ2n) is 5.65. The van der Waals surface area contributed by atoms with Crippen molar-refractivity contribution in [3.63, 3.8) is 0 Å². The van der Waals surface area contributed by atoms with Crippen LogP contribution >= 0.6 is 0 Å². The summed E-state index contributed by atoms with van der Waals surface area (Å²) in [6, 6.07) is 8.78. The number of nitrogens with one attached hydrogen (secondary N) is 1. The molecule has 1 aromatic carbocycles. The minimum atomic E-state index is 0.937. The first-order valence-electron chi connectivity index (χ1n) is 7.19. The maximum absolute atomic E-state index is 3.25. The molecule has 1 aromatic rings. The molecule has 0 aromatic heterocycles. The fraction of sp³-hybridized carbons (Fsp3) is 0.625. The number of nitrogens with zero attached hydrogens (tertiary/aromatic N) is 1. The van der Waals surface area contributed by atoms with Crippen LogP contribution in [0.3, 0.4) is 0 Å². The second kappa shape index (κ2) is 6.91. The van der Waals surface area contributed by atoms with Crippen LogP contribution < -0.4 is 5.32 Å².